The lowest BCUT2D eigenvalue weighted by molar-refractivity contribution is 0.819. The van der Waals surface area contributed by atoms with Gasteiger partial charge in [0.25, 0.3) is 0 Å². The Hall–Kier alpha value is -0.600. The van der Waals surface area contributed by atoms with Gasteiger partial charge < -0.3 is 0 Å². The Bertz CT molecular complexity index is 369. The van der Waals surface area contributed by atoms with E-state index in [-0.39, 0.29) is 0 Å². The quantitative estimate of drug-likeness (QED) is 0.533. The van der Waals surface area contributed by atoms with E-state index < -0.39 is 0 Å². The molecule has 0 saturated carbocycles. The van der Waals surface area contributed by atoms with Gasteiger partial charge in [0, 0.05) is 5.71 Å². The molecular formula is C13H18Cl2N2. The summed E-state index contributed by atoms with van der Waals surface area (Å²) in [6.07, 6.45) is 4.49. The molecule has 0 N–H and O–H groups in total. The summed E-state index contributed by atoms with van der Waals surface area (Å²) in [6, 6.07) is 3.62. The first-order valence-electron chi connectivity index (χ1n) is 5.99. The molecule has 0 atom stereocenters. The summed E-state index contributed by atoms with van der Waals surface area (Å²) in [4.78, 5) is 8.52. The maximum absolute atomic E-state index is 5.84. The molecule has 0 aliphatic carbocycles. The minimum atomic E-state index is 0.425. The molecule has 0 aromatic carbocycles. The normalized spacial score (nSPS) is 11.9. The van der Waals surface area contributed by atoms with Gasteiger partial charge in [0.15, 0.2) is 0 Å². The van der Waals surface area contributed by atoms with Crippen LogP contribution in [0.25, 0.3) is 0 Å². The first-order chi connectivity index (χ1) is 8.15. The van der Waals surface area contributed by atoms with Crippen LogP contribution in [-0.2, 0) is 6.54 Å². The number of aromatic nitrogens is 1. The lowest BCUT2D eigenvalue weighted by Gasteiger charge is -2.04. The zero-order valence-corrected chi connectivity index (χ0v) is 11.9. The van der Waals surface area contributed by atoms with Crippen molar-refractivity contribution in [3.63, 3.8) is 0 Å². The molecule has 1 aromatic heterocycles. The molecular weight excluding hydrogens is 255 g/mol. The molecule has 0 unspecified atom stereocenters. The van der Waals surface area contributed by atoms with Crippen LogP contribution in [0.3, 0.4) is 0 Å². The summed E-state index contributed by atoms with van der Waals surface area (Å²) in [5.41, 5.74) is 2.27. The lowest BCUT2D eigenvalue weighted by Crippen LogP contribution is -1.97. The third kappa shape index (κ3) is 5.51. The van der Waals surface area contributed by atoms with E-state index in [0.29, 0.717) is 16.9 Å². The van der Waals surface area contributed by atoms with Crippen molar-refractivity contribution in [1.82, 2.24) is 4.98 Å². The number of pyridine rings is 1. The fourth-order valence-electron chi connectivity index (χ4n) is 1.56. The van der Waals surface area contributed by atoms with Gasteiger partial charge in [-0.15, -0.1) is 0 Å². The molecule has 0 saturated heterocycles. The van der Waals surface area contributed by atoms with Crippen molar-refractivity contribution < 1.29 is 0 Å². The molecule has 0 amide bonds. The van der Waals surface area contributed by atoms with Gasteiger partial charge in [0.1, 0.15) is 10.3 Å². The summed E-state index contributed by atoms with van der Waals surface area (Å²) in [6.45, 7) is 4.96. The van der Waals surface area contributed by atoms with Crippen molar-refractivity contribution in [3.8, 4) is 0 Å². The highest BCUT2D eigenvalue weighted by molar-refractivity contribution is 6.32. The van der Waals surface area contributed by atoms with Crippen LogP contribution in [0, 0.1) is 0 Å². The maximum atomic E-state index is 5.84. The summed E-state index contributed by atoms with van der Waals surface area (Å²) in [5, 5.41) is 0.851. The highest BCUT2D eigenvalue weighted by Crippen LogP contribution is 2.15. The van der Waals surface area contributed by atoms with Crippen molar-refractivity contribution in [2.45, 2.75) is 46.1 Å². The van der Waals surface area contributed by atoms with Crippen LogP contribution in [0.1, 0.15) is 45.1 Å². The standard InChI is InChI=1S/C13H18Cl2N2/c1-3-5-6-11(4-2)16-9-10-7-12(14)17-13(15)8-10/h7-8H,3-6,9H2,1-2H3. The molecule has 94 valence electrons. The molecule has 2 nitrogen and oxygen atoms in total. The van der Waals surface area contributed by atoms with Crippen molar-refractivity contribution in [2.75, 3.05) is 0 Å². The Morgan fingerprint density at radius 1 is 1.24 bits per heavy atom. The van der Waals surface area contributed by atoms with E-state index in [1.807, 2.05) is 12.1 Å². The molecule has 0 spiro atoms. The SMILES string of the molecule is CCCCC(CC)=NCc1cc(Cl)nc(Cl)c1. The zero-order valence-electron chi connectivity index (χ0n) is 10.3. The van der Waals surface area contributed by atoms with Gasteiger partial charge in [-0.3, -0.25) is 4.99 Å². The maximum Gasteiger partial charge on any atom is 0.131 e. The van der Waals surface area contributed by atoms with Crippen molar-refractivity contribution in [3.05, 3.63) is 28.0 Å². The third-order valence-corrected chi connectivity index (χ3v) is 2.92. The van der Waals surface area contributed by atoms with Crippen LogP contribution in [0.15, 0.2) is 17.1 Å². The molecule has 0 aliphatic heterocycles. The van der Waals surface area contributed by atoms with Gasteiger partial charge in [-0.2, -0.15) is 0 Å². The first kappa shape index (κ1) is 14.5. The third-order valence-electron chi connectivity index (χ3n) is 2.53. The summed E-state index contributed by atoms with van der Waals surface area (Å²) in [7, 11) is 0. The molecule has 4 heteroatoms. The molecule has 17 heavy (non-hydrogen) atoms. The van der Waals surface area contributed by atoms with Crippen LogP contribution in [0.4, 0.5) is 0 Å². The van der Waals surface area contributed by atoms with Crippen molar-refractivity contribution >= 4 is 28.9 Å². The number of halogens is 2. The number of hydrogen-bond acceptors (Lipinski definition) is 2. The van der Waals surface area contributed by atoms with E-state index in [4.69, 9.17) is 23.2 Å². The number of rotatable bonds is 6. The predicted octanol–water partition coefficient (Wildman–Crippen LogP) is 4.93. The molecule has 1 aromatic rings. The van der Waals surface area contributed by atoms with E-state index in [1.54, 1.807) is 0 Å². The second-order valence-corrected chi connectivity index (χ2v) is 4.73. The number of nitrogens with zero attached hydrogens (tertiary/aromatic N) is 2. The summed E-state index contributed by atoms with van der Waals surface area (Å²) in [5.74, 6) is 0. The largest absolute Gasteiger partial charge is 0.289 e. The lowest BCUT2D eigenvalue weighted by atomic mass is 10.1. The Morgan fingerprint density at radius 2 is 1.88 bits per heavy atom. The molecule has 0 radical (unpaired) electrons. The smallest absolute Gasteiger partial charge is 0.131 e. The number of aliphatic imine (C=N–C) groups is 1. The van der Waals surface area contributed by atoms with Gasteiger partial charge in [-0.1, -0.05) is 43.5 Å². The highest BCUT2D eigenvalue weighted by atomic mass is 35.5. The zero-order chi connectivity index (χ0) is 12.7. The summed E-state index contributed by atoms with van der Waals surface area (Å²) >= 11 is 11.7. The van der Waals surface area contributed by atoms with E-state index in [0.717, 1.165) is 18.4 Å². The highest BCUT2D eigenvalue weighted by Gasteiger charge is 2.00. The average Bonchev–Trinajstić information content (AvgIpc) is 2.28. The van der Waals surface area contributed by atoms with Gasteiger partial charge >= 0.3 is 0 Å². The van der Waals surface area contributed by atoms with E-state index >= 15 is 0 Å². The Kier molecular flexibility index (Phi) is 6.53. The van der Waals surface area contributed by atoms with E-state index in [1.165, 1.54) is 18.6 Å². The Labute approximate surface area is 113 Å². The van der Waals surface area contributed by atoms with Gasteiger partial charge in [-0.25, -0.2) is 4.98 Å². The second kappa shape index (κ2) is 7.67. The monoisotopic (exact) mass is 272 g/mol. The summed E-state index contributed by atoms with van der Waals surface area (Å²) < 4.78 is 0. The van der Waals surface area contributed by atoms with Crippen molar-refractivity contribution in [1.29, 1.82) is 0 Å². The molecule has 0 aliphatic rings. The molecule has 1 heterocycles. The number of unbranched alkanes of at least 4 members (excludes halogenated alkanes) is 1. The van der Waals surface area contributed by atoms with Crippen LogP contribution in [-0.4, -0.2) is 10.7 Å². The minimum absolute atomic E-state index is 0.425. The Morgan fingerprint density at radius 3 is 2.41 bits per heavy atom. The van der Waals surface area contributed by atoms with Gasteiger partial charge in [-0.05, 0) is 37.0 Å². The van der Waals surface area contributed by atoms with E-state index in [9.17, 15) is 0 Å². The fraction of sp³-hybridized carbons (Fsp3) is 0.538. The van der Waals surface area contributed by atoms with Crippen LogP contribution in [0.5, 0.6) is 0 Å². The molecule has 0 bridgehead atoms. The van der Waals surface area contributed by atoms with Crippen LogP contribution in [0.2, 0.25) is 10.3 Å². The number of hydrogen-bond donors (Lipinski definition) is 0. The second-order valence-electron chi connectivity index (χ2n) is 3.96. The average molecular weight is 273 g/mol. The van der Waals surface area contributed by atoms with Crippen LogP contribution >= 0.6 is 23.2 Å². The fourth-order valence-corrected chi connectivity index (χ4v) is 2.06. The topological polar surface area (TPSA) is 25.2 Å². The predicted molar refractivity (Wildman–Crippen MR) is 75.2 cm³/mol. The van der Waals surface area contributed by atoms with E-state index in [2.05, 4.69) is 23.8 Å². The Balaban J connectivity index is 2.66. The van der Waals surface area contributed by atoms with Crippen molar-refractivity contribution in [2.24, 2.45) is 4.99 Å². The minimum Gasteiger partial charge on any atom is -0.289 e. The van der Waals surface area contributed by atoms with Crippen LogP contribution < -0.4 is 0 Å². The van der Waals surface area contributed by atoms with Gasteiger partial charge in [0.05, 0.1) is 6.54 Å². The van der Waals surface area contributed by atoms with Gasteiger partial charge in [0.2, 0.25) is 0 Å². The first-order valence-corrected chi connectivity index (χ1v) is 6.75. The molecule has 0 fully saturated rings. The molecule has 1 rings (SSSR count).